The van der Waals surface area contributed by atoms with Crippen LogP contribution >= 0.6 is 0 Å². The normalized spacial score (nSPS) is 32.3. The topological polar surface area (TPSA) is 51.2 Å². The average Bonchev–Trinajstić information content (AvgIpc) is 3.43. The van der Waals surface area contributed by atoms with Crippen LogP contribution < -0.4 is 5.32 Å². The minimum absolute atomic E-state index is 0.0707. The monoisotopic (exact) mass is 375 g/mol. The molecule has 6 heteroatoms. The van der Waals surface area contributed by atoms with E-state index < -0.39 is 0 Å². The van der Waals surface area contributed by atoms with Crippen LogP contribution in [0.15, 0.2) is 4.99 Å². The number of hydrogen-bond donors (Lipinski definition) is 1. The summed E-state index contributed by atoms with van der Waals surface area (Å²) in [6, 6.07) is 1.37. The van der Waals surface area contributed by atoms with Crippen LogP contribution in [0, 0.1) is 11.8 Å². The summed E-state index contributed by atoms with van der Waals surface area (Å²) >= 11 is 0. The number of likely N-dealkylation sites (N-methyl/N-ethyl adjacent to an activating group) is 1. The first kappa shape index (κ1) is 19.0. The van der Waals surface area contributed by atoms with E-state index in [1.165, 1.54) is 51.4 Å². The lowest BCUT2D eigenvalue weighted by Gasteiger charge is -2.42. The molecule has 2 bridgehead atoms. The molecule has 0 radical (unpaired) electrons. The van der Waals surface area contributed by atoms with Gasteiger partial charge < -0.3 is 15.1 Å². The van der Waals surface area contributed by atoms with Crippen molar-refractivity contribution >= 4 is 11.9 Å². The third-order valence-electron chi connectivity index (χ3n) is 7.33. The van der Waals surface area contributed by atoms with Gasteiger partial charge in [-0.05, 0) is 43.9 Å². The fourth-order valence-corrected chi connectivity index (χ4v) is 5.70. The standard InChI is InChI=1S/C21H37N5O/c1-24(2)20(27)15-22-21(23-18-5-3-4-6-18)26-11-9-25(10-12-26)19-14-16-7-8-17(19)13-16/h16-19H,3-15H2,1-2H3,(H,22,23). The molecule has 0 aromatic carbocycles. The Balaban J connectivity index is 1.35. The number of nitrogens with one attached hydrogen (secondary N) is 1. The molecule has 6 nitrogen and oxygen atoms in total. The first-order chi connectivity index (χ1) is 13.1. The zero-order valence-electron chi connectivity index (χ0n) is 17.2. The molecule has 3 aliphatic carbocycles. The zero-order valence-corrected chi connectivity index (χ0v) is 17.2. The molecule has 3 saturated carbocycles. The van der Waals surface area contributed by atoms with Crippen LogP contribution in [-0.2, 0) is 4.79 Å². The fourth-order valence-electron chi connectivity index (χ4n) is 5.70. The summed E-state index contributed by atoms with van der Waals surface area (Å²) in [6.45, 7) is 4.58. The molecule has 0 spiro atoms. The number of fused-ring (bicyclic) bond motifs is 2. The maximum atomic E-state index is 12.0. The number of rotatable bonds is 4. The molecule has 152 valence electrons. The lowest BCUT2D eigenvalue weighted by molar-refractivity contribution is -0.127. The van der Waals surface area contributed by atoms with Crippen molar-refractivity contribution in [3.63, 3.8) is 0 Å². The molecule has 0 aromatic rings. The van der Waals surface area contributed by atoms with Crippen molar-refractivity contribution in [1.82, 2.24) is 20.0 Å². The van der Waals surface area contributed by atoms with E-state index in [1.807, 2.05) is 0 Å². The van der Waals surface area contributed by atoms with Gasteiger partial charge in [0.15, 0.2) is 5.96 Å². The summed E-state index contributed by atoms with van der Waals surface area (Å²) in [6.07, 6.45) is 10.9. The number of carbonyl (C=O) groups excluding carboxylic acids is 1. The van der Waals surface area contributed by atoms with Crippen molar-refractivity contribution in [3.05, 3.63) is 0 Å². The van der Waals surface area contributed by atoms with Gasteiger partial charge in [0.2, 0.25) is 5.91 Å². The highest BCUT2D eigenvalue weighted by Gasteiger charge is 2.42. The Morgan fingerprint density at radius 3 is 2.37 bits per heavy atom. The van der Waals surface area contributed by atoms with E-state index in [-0.39, 0.29) is 12.5 Å². The van der Waals surface area contributed by atoms with Crippen molar-refractivity contribution in [2.45, 2.75) is 63.5 Å². The van der Waals surface area contributed by atoms with E-state index in [2.05, 4.69) is 15.1 Å². The van der Waals surface area contributed by atoms with Crippen LogP contribution in [-0.4, -0.2) is 85.5 Å². The Hall–Kier alpha value is -1.30. The van der Waals surface area contributed by atoms with Crippen molar-refractivity contribution in [2.24, 2.45) is 16.8 Å². The maximum absolute atomic E-state index is 12.0. The molecular formula is C21H37N5O. The van der Waals surface area contributed by atoms with Gasteiger partial charge in [-0.25, -0.2) is 4.99 Å². The lowest BCUT2D eigenvalue weighted by atomic mass is 9.93. The summed E-state index contributed by atoms with van der Waals surface area (Å²) in [7, 11) is 3.60. The Labute approximate surface area is 164 Å². The fraction of sp³-hybridized carbons (Fsp3) is 0.905. The molecule has 4 rings (SSSR count). The zero-order chi connectivity index (χ0) is 18.8. The summed E-state index contributed by atoms with van der Waals surface area (Å²) in [4.78, 5) is 23.5. The van der Waals surface area contributed by atoms with Crippen molar-refractivity contribution in [3.8, 4) is 0 Å². The molecule has 1 N–H and O–H groups in total. The van der Waals surface area contributed by atoms with E-state index in [1.54, 1.807) is 19.0 Å². The van der Waals surface area contributed by atoms with Gasteiger partial charge in [0.25, 0.3) is 0 Å². The first-order valence-electron chi connectivity index (χ1n) is 11.1. The Morgan fingerprint density at radius 2 is 1.78 bits per heavy atom. The van der Waals surface area contributed by atoms with E-state index in [4.69, 9.17) is 4.99 Å². The molecule has 4 fully saturated rings. The quantitative estimate of drug-likeness (QED) is 0.601. The first-order valence-corrected chi connectivity index (χ1v) is 11.1. The molecular weight excluding hydrogens is 338 g/mol. The van der Waals surface area contributed by atoms with Gasteiger partial charge in [0.1, 0.15) is 6.54 Å². The number of guanidine groups is 1. The van der Waals surface area contributed by atoms with Gasteiger partial charge in [0, 0.05) is 52.4 Å². The number of hydrogen-bond acceptors (Lipinski definition) is 3. The van der Waals surface area contributed by atoms with E-state index >= 15 is 0 Å². The van der Waals surface area contributed by atoms with E-state index in [0.29, 0.717) is 6.04 Å². The number of amides is 1. The lowest BCUT2D eigenvalue weighted by Crippen LogP contribution is -2.56. The second-order valence-electron chi connectivity index (χ2n) is 9.32. The minimum Gasteiger partial charge on any atom is -0.353 e. The van der Waals surface area contributed by atoms with Crippen molar-refractivity contribution in [2.75, 3.05) is 46.8 Å². The highest BCUT2D eigenvalue weighted by Crippen LogP contribution is 2.46. The Morgan fingerprint density at radius 1 is 1.04 bits per heavy atom. The summed E-state index contributed by atoms with van der Waals surface area (Å²) in [5.41, 5.74) is 0. The summed E-state index contributed by atoms with van der Waals surface area (Å²) < 4.78 is 0. The number of piperazine rings is 1. The van der Waals surface area contributed by atoms with Crippen LogP contribution in [0.2, 0.25) is 0 Å². The highest BCUT2D eigenvalue weighted by atomic mass is 16.2. The third kappa shape index (κ3) is 4.41. The molecule has 4 aliphatic rings. The van der Waals surface area contributed by atoms with Crippen molar-refractivity contribution in [1.29, 1.82) is 0 Å². The predicted octanol–water partition coefficient (Wildman–Crippen LogP) is 1.77. The molecule has 0 aromatic heterocycles. The maximum Gasteiger partial charge on any atom is 0.243 e. The van der Waals surface area contributed by atoms with Gasteiger partial charge in [-0.1, -0.05) is 19.3 Å². The SMILES string of the molecule is CN(C)C(=O)CN=C(NC1CCCC1)N1CCN(C2CC3CCC2C3)CC1. The van der Waals surface area contributed by atoms with E-state index in [0.717, 1.165) is 50.0 Å². The number of carbonyl (C=O) groups is 1. The van der Waals surface area contributed by atoms with Gasteiger partial charge >= 0.3 is 0 Å². The van der Waals surface area contributed by atoms with Gasteiger partial charge in [0.05, 0.1) is 0 Å². The third-order valence-corrected chi connectivity index (χ3v) is 7.33. The summed E-state index contributed by atoms with van der Waals surface area (Å²) in [5.74, 6) is 3.01. The van der Waals surface area contributed by atoms with Crippen LogP contribution in [0.5, 0.6) is 0 Å². The minimum atomic E-state index is 0.0707. The molecule has 3 unspecified atom stereocenters. The van der Waals surface area contributed by atoms with Crippen LogP contribution in [0.1, 0.15) is 51.4 Å². The second-order valence-corrected chi connectivity index (χ2v) is 9.32. The molecule has 27 heavy (non-hydrogen) atoms. The average molecular weight is 376 g/mol. The molecule has 1 amide bonds. The van der Waals surface area contributed by atoms with Gasteiger partial charge in [-0.15, -0.1) is 0 Å². The van der Waals surface area contributed by atoms with Crippen LogP contribution in [0.25, 0.3) is 0 Å². The van der Waals surface area contributed by atoms with Crippen LogP contribution in [0.4, 0.5) is 0 Å². The molecule has 1 aliphatic heterocycles. The molecule has 3 atom stereocenters. The molecule has 1 heterocycles. The van der Waals surface area contributed by atoms with Gasteiger partial charge in [-0.2, -0.15) is 0 Å². The number of aliphatic imine (C=N–C) groups is 1. The Kier molecular flexibility index (Phi) is 5.90. The van der Waals surface area contributed by atoms with E-state index in [9.17, 15) is 4.79 Å². The Bertz CT molecular complexity index is 549. The van der Waals surface area contributed by atoms with Gasteiger partial charge in [-0.3, -0.25) is 9.69 Å². The smallest absolute Gasteiger partial charge is 0.243 e. The largest absolute Gasteiger partial charge is 0.353 e. The summed E-state index contributed by atoms with van der Waals surface area (Å²) in [5, 5.41) is 3.68. The molecule has 1 saturated heterocycles. The predicted molar refractivity (Wildman–Crippen MR) is 109 cm³/mol. The highest BCUT2D eigenvalue weighted by molar-refractivity contribution is 5.85. The second kappa shape index (κ2) is 8.38. The van der Waals surface area contributed by atoms with Crippen LogP contribution in [0.3, 0.4) is 0 Å². The van der Waals surface area contributed by atoms with Crippen molar-refractivity contribution < 1.29 is 4.79 Å². The number of nitrogens with zero attached hydrogens (tertiary/aromatic N) is 4.